The second kappa shape index (κ2) is 4.03. The van der Waals surface area contributed by atoms with Crippen molar-refractivity contribution in [2.45, 2.75) is 0 Å². The van der Waals surface area contributed by atoms with Gasteiger partial charge in [-0.05, 0) is 29.8 Å². The molecule has 12 heavy (non-hydrogen) atoms. The summed E-state index contributed by atoms with van der Waals surface area (Å²) in [5.74, 6) is -0.309. The van der Waals surface area contributed by atoms with Gasteiger partial charge in [-0.1, -0.05) is 15.9 Å². The summed E-state index contributed by atoms with van der Waals surface area (Å²) in [6.45, 7) is 0. The van der Waals surface area contributed by atoms with Crippen molar-refractivity contribution in [3.63, 3.8) is 0 Å². The Morgan fingerprint density at radius 1 is 1.50 bits per heavy atom. The molecule has 0 aliphatic carbocycles. The highest BCUT2D eigenvalue weighted by atomic mass is 79.9. The van der Waals surface area contributed by atoms with Crippen molar-refractivity contribution in [2.24, 2.45) is 0 Å². The fraction of sp³-hybridized carbons (Fsp3) is 0. The van der Waals surface area contributed by atoms with Crippen LogP contribution in [0, 0.1) is 17.1 Å². The van der Waals surface area contributed by atoms with Crippen molar-refractivity contribution in [2.75, 3.05) is 0 Å². The minimum Gasteiger partial charge on any atom is -0.207 e. The van der Waals surface area contributed by atoms with Crippen LogP contribution in [0.15, 0.2) is 28.7 Å². The molecule has 0 aliphatic rings. The van der Waals surface area contributed by atoms with Crippen LogP contribution in [0.1, 0.15) is 5.56 Å². The van der Waals surface area contributed by atoms with Gasteiger partial charge in [-0.3, -0.25) is 0 Å². The average Bonchev–Trinajstić information content (AvgIpc) is 2.07. The normalized spacial score (nSPS) is 10.1. The Morgan fingerprint density at radius 3 is 2.92 bits per heavy atom. The average molecular weight is 226 g/mol. The molecule has 0 heterocycles. The number of halogens is 2. The third kappa shape index (κ3) is 2.18. The van der Waals surface area contributed by atoms with Crippen molar-refractivity contribution in [1.29, 1.82) is 5.26 Å². The molecule has 0 atom stereocenters. The van der Waals surface area contributed by atoms with Crippen molar-refractivity contribution in [3.8, 4) is 6.07 Å². The fourth-order valence-corrected chi connectivity index (χ4v) is 1.15. The number of hydrogen-bond donors (Lipinski definition) is 0. The minimum absolute atomic E-state index is 0.309. The maximum atomic E-state index is 12.6. The third-order valence-electron chi connectivity index (χ3n) is 1.30. The molecule has 1 nitrogen and oxygen atoms in total. The molecule has 3 heteroatoms. The quantitative estimate of drug-likeness (QED) is 0.675. The van der Waals surface area contributed by atoms with Crippen molar-refractivity contribution in [3.05, 3.63) is 40.1 Å². The van der Waals surface area contributed by atoms with E-state index in [0.29, 0.717) is 5.56 Å². The zero-order chi connectivity index (χ0) is 8.97. The topological polar surface area (TPSA) is 23.8 Å². The summed E-state index contributed by atoms with van der Waals surface area (Å²) in [6.07, 6.45) is 2.85. The smallest absolute Gasteiger partial charge is 0.123 e. The van der Waals surface area contributed by atoms with Gasteiger partial charge in [0.2, 0.25) is 0 Å². The standard InChI is InChI=1S/C9H5BrFN/c10-9-4-3-8(11)6-7(9)2-1-5-12/h1-4,6H/b2-1+. The zero-order valence-corrected chi connectivity index (χ0v) is 7.68. The molecule has 0 aromatic heterocycles. The maximum Gasteiger partial charge on any atom is 0.123 e. The summed E-state index contributed by atoms with van der Waals surface area (Å²) in [6, 6.07) is 6.16. The van der Waals surface area contributed by atoms with E-state index in [4.69, 9.17) is 5.26 Å². The fourth-order valence-electron chi connectivity index (χ4n) is 0.769. The predicted octanol–water partition coefficient (Wildman–Crippen LogP) is 3.12. The molecule has 0 N–H and O–H groups in total. The Bertz CT molecular complexity index is 352. The molecule has 0 saturated carbocycles. The van der Waals surface area contributed by atoms with Gasteiger partial charge in [0.25, 0.3) is 0 Å². The largest absolute Gasteiger partial charge is 0.207 e. The molecule has 0 bridgehead atoms. The first-order valence-corrected chi connectivity index (χ1v) is 4.04. The highest BCUT2D eigenvalue weighted by Gasteiger charge is 1.96. The number of benzene rings is 1. The molecule has 0 unspecified atom stereocenters. The molecule has 0 amide bonds. The molecular weight excluding hydrogens is 221 g/mol. The second-order valence-corrected chi connectivity index (χ2v) is 2.98. The summed E-state index contributed by atoms with van der Waals surface area (Å²) in [5.41, 5.74) is 0.663. The summed E-state index contributed by atoms with van der Waals surface area (Å²) >= 11 is 3.23. The summed E-state index contributed by atoms with van der Waals surface area (Å²) < 4.78 is 13.4. The highest BCUT2D eigenvalue weighted by Crippen LogP contribution is 2.18. The Balaban J connectivity index is 3.07. The minimum atomic E-state index is -0.309. The van der Waals surface area contributed by atoms with E-state index in [0.717, 1.165) is 4.47 Å². The van der Waals surface area contributed by atoms with Crippen molar-refractivity contribution < 1.29 is 4.39 Å². The van der Waals surface area contributed by atoms with Crippen LogP contribution >= 0.6 is 15.9 Å². The molecular formula is C9H5BrFN. The molecule has 1 aromatic rings. The van der Waals surface area contributed by atoms with Gasteiger partial charge in [-0.2, -0.15) is 5.26 Å². The van der Waals surface area contributed by atoms with E-state index < -0.39 is 0 Å². The molecule has 0 radical (unpaired) electrons. The van der Waals surface area contributed by atoms with Gasteiger partial charge in [-0.25, -0.2) is 4.39 Å². The van der Waals surface area contributed by atoms with Crippen LogP contribution in [0.4, 0.5) is 4.39 Å². The number of hydrogen-bond acceptors (Lipinski definition) is 1. The first kappa shape index (κ1) is 8.95. The second-order valence-electron chi connectivity index (χ2n) is 2.13. The molecule has 60 valence electrons. The van der Waals surface area contributed by atoms with Crippen LogP contribution in [-0.4, -0.2) is 0 Å². The van der Waals surface area contributed by atoms with Gasteiger partial charge in [0.05, 0.1) is 6.07 Å². The van der Waals surface area contributed by atoms with Crippen LogP contribution in [0.2, 0.25) is 0 Å². The van der Waals surface area contributed by atoms with Crippen LogP contribution < -0.4 is 0 Å². The molecule has 1 aromatic carbocycles. The summed E-state index contributed by atoms with van der Waals surface area (Å²) in [7, 11) is 0. The van der Waals surface area contributed by atoms with Gasteiger partial charge in [0.1, 0.15) is 5.82 Å². The number of nitriles is 1. The lowest BCUT2D eigenvalue weighted by Gasteiger charge is -1.96. The van der Waals surface area contributed by atoms with Crippen LogP contribution in [0.5, 0.6) is 0 Å². The lowest BCUT2D eigenvalue weighted by molar-refractivity contribution is 0.627. The van der Waals surface area contributed by atoms with Crippen LogP contribution in [-0.2, 0) is 0 Å². The van der Waals surface area contributed by atoms with Gasteiger partial charge in [0, 0.05) is 10.5 Å². The van der Waals surface area contributed by atoms with Crippen molar-refractivity contribution >= 4 is 22.0 Å². The first-order chi connectivity index (χ1) is 5.74. The Hall–Kier alpha value is -1.14. The molecule has 0 fully saturated rings. The SMILES string of the molecule is N#C/C=C/c1cc(F)ccc1Br. The number of nitrogens with zero attached hydrogens (tertiary/aromatic N) is 1. The van der Waals surface area contributed by atoms with E-state index in [1.165, 1.54) is 18.2 Å². The number of rotatable bonds is 1. The zero-order valence-electron chi connectivity index (χ0n) is 6.09. The maximum absolute atomic E-state index is 12.6. The van der Waals surface area contributed by atoms with E-state index in [1.54, 1.807) is 12.1 Å². The predicted molar refractivity (Wildman–Crippen MR) is 48.7 cm³/mol. The van der Waals surface area contributed by atoms with Crippen LogP contribution in [0.3, 0.4) is 0 Å². The highest BCUT2D eigenvalue weighted by molar-refractivity contribution is 9.10. The van der Waals surface area contributed by atoms with E-state index in [2.05, 4.69) is 15.9 Å². The van der Waals surface area contributed by atoms with Crippen LogP contribution in [0.25, 0.3) is 6.08 Å². The molecule has 0 saturated heterocycles. The Kier molecular flexibility index (Phi) is 3.01. The first-order valence-electron chi connectivity index (χ1n) is 3.25. The number of allylic oxidation sites excluding steroid dienone is 1. The van der Waals surface area contributed by atoms with E-state index in [-0.39, 0.29) is 5.82 Å². The summed E-state index contributed by atoms with van der Waals surface area (Å²) in [4.78, 5) is 0. The van der Waals surface area contributed by atoms with E-state index in [9.17, 15) is 4.39 Å². The summed E-state index contributed by atoms with van der Waals surface area (Å²) in [5, 5.41) is 8.24. The van der Waals surface area contributed by atoms with Gasteiger partial charge >= 0.3 is 0 Å². The lowest BCUT2D eigenvalue weighted by atomic mass is 10.2. The van der Waals surface area contributed by atoms with E-state index >= 15 is 0 Å². The monoisotopic (exact) mass is 225 g/mol. The molecule has 0 spiro atoms. The molecule has 0 aliphatic heterocycles. The molecule has 1 rings (SSSR count). The lowest BCUT2D eigenvalue weighted by Crippen LogP contribution is -1.78. The van der Waals surface area contributed by atoms with Gasteiger partial charge in [0.15, 0.2) is 0 Å². The van der Waals surface area contributed by atoms with Gasteiger partial charge in [-0.15, -0.1) is 0 Å². The van der Waals surface area contributed by atoms with Gasteiger partial charge < -0.3 is 0 Å². The third-order valence-corrected chi connectivity index (χ3v) is 2.02. The Labute approximate surface area is 78.3 Å². The van der Waals surface area contributed by atoms with E-state index in [1.807, 2.05) is 6.07 Å². The Morgan fingerprint density at radius 2 is 2.25 bits per heavy atom. The van der Waals surface area contributed by atoms with Crippen molar-refractivity contribution in [1.82, 2.24) is 0 Å².